The van der Waals surface area contributed by atoms with Crippen molar-refractivity contribution < 1.29 is 0 Å². The molecule has 1 aliphatic rings. The third-order valence-corrected chi connectivity index (χ3v) is 14.1. The van der Waals surface area contributed by atoms with Crippen LogP contribution in [0.4, 0.5) is 17.1 Å². The standard InChI is InChI=1S/C65H44N2/c1-4-22-49(23-5-1)65(50-24-6-2-7-25-50)59-33-14-12-31-57(59)64-60(65)34-18-36-63(64)66(53-28-16-21-48(43-53)55-32-17-20-46-19-10-11-29-54(46)55)52-40-37-45(38-41-52)47-39-42-62-58(44-47)56-30-13-15-35-61(56)67(62)51-26-8-3-9-27-51/h1-44H. The first kappa shape index (κ1) is 38.7. The monoisotopic (exact) mass is 852 g/mol. The van der Waals surface area contributed by atoms with Crippen LogP contribution in [0.25, 0.3) is 71.6 Å². The fourth-order valence-electron chi connectivity index (χ4n) is 11.2. The maximum Gasteiger partial charge on any atom is 0.0714 e. The van der Waals surface area contributed by atoms with Gasteiger partial charge in [-0.3, -0.25) is 0 Å². The molecule has 1 aliphatic carbocycles. The Morgan fingerprint density at radius 1 is 0.328 bits per heavy atom. The van der Waals surface area contributed by atoms with E-state index in [-0.39, 0.29) is 0 Å². The van der Waals surface area contributed by atoms with Crippen LogP contribution in [0.15, 0.2) is 267 Å². The summed E-state index contributed by atoms with van der Waals surface area (Å²) in [5.41, 5.74) is 18.7. The van der Waals surface area contributed by atoms with E-state index >= 15 is 0 Å². The first-order valence-electron chi connectivity index (χ1n) is 23.2. The van der Waals surface area contributed by atoms with Crippen LogP contribution in [0, 0.1) is 0 Å². The van der Waals surface area contributed by atoms with Crippen LogP contribution in [-0.4, -0.2) is 4.57 Å². The molecule has 0 atom stereocenters. The van der Waals surface area contributed by atoms with Crippen molar-refractivity contribution in [2.45, 2.75) is 5.41 Å². The molecule has 0 N–H and O–H groups in total. The number of benzene rings is 11. The molecule has 314 valence electrons. The highest BCUT2D eigenvalue weighted by molar-refractivity contribution is 6.10. The van der Waals surface area contributed by atoms with Gasteiger partial charge in [-0.1, -0.05) is 206 Å². The molecule has 0 fully saturated rings. The summed E-state index contributed by atoms with van der Waals surface area (Å²) in [6.07, 6.45) is 0. The van der Waals surface area contributed by atoms with E-state index in [1.165, 1.54) is 88.2 Å². The summed E-state index contributed by atoms with van der Waals surface area (Å²) in [7, 11) is 0. The van der Waals surface area contributed by atoms with Crippen LogP contribution in [0.2, 0.25) is 0 Å². The number of nitrogens with zero attached hydrogens (tertiary/aromatic N) is 2. The zero-order valence-electron chi connectivity index (χ0n) is 36.8. The van der Waals surface area contributed by atoms with Gasteiger partial charge in [0, 0.05) is 33.4 Å². The fraction of sp³-hybridized carbons (Fsp3) is 0.0154. The molecule has 1 heterocycles. The van der Waals surface area contributed by atoms with Crippen molar-refractivity contribution in [2.24, 2.45) is 0 Å². The highest BCUT2D eigenvalue weighted by Gasteiger charge is 2.47. The van der Waals surface area contributed by atoms with Gasteiger partial charge in [0.25, 0.3) is 0 Å². The lowest BCUT2D eigenvalue weighted by atomic mass is 9.68. The van der Waals surface area contributed by atoms with Gasteiger partial charge >= 0.3 is 0 Å². The van der Waals surface area contributed by atoms with Crippen molar-refractivity contribution in [3.05, 3.63) is 289 Å². The number of para-hydroxylation sites is 2. The third kappa shape index (κ3) is 6.11. The fourth-order valence-corrected chi connectivity index (χ4v) is 11.2. The predicted octanol–water partition coefficient (Wildman–Crippen LogP) is 17.1. The van der Waals surface area contributed by atoms with Crippen molar-refractivity contribution in [3.63, 3.8) is 0 Å². The van der Waals surface area contributed by atoms with Crippen LogP contribution in [0.3, 0.4) is 0 Å². The van der Waals surface area contributed by atoms with E-state index in [4.69, 9.17) is 0 Å². The Bertz CT molecular complexity index is 3750. The predicted molar refractivity (Wildman–Crippen MR) is 281 cm³/mol. The first-order valence-corrected chi connectivity index (χ1v) is 23.2. The van der Waals surface area contributed by atoms with Gasteiger partial charge in [-0.15, -0.1) is 0 Å². The number of hydrogen-bond donors (Lipinski definition) is 0. The number of anilines is 3. The SMILES string of the molecule is c1ccc(-n2c3ccccc3c3cc(-c4ccc(N(c5cccc(-c6cccc7ccccc67)c5)c5cccc6c5-c5ccccc5C6(c5ccccc5)c5ccccc5)cc4)ccc32)cc1. The summed E-state index contributed by atoms with van der Waals surface area (Å²) in [5.74, 6) is 0. The molecule has 0 amide bonds. The molecule has 2 nitrogen and oxygen atoms in total. The second-order valence-corrected chi connectivity index (χ2v) is 17.6. The Kier molecular flexibility index (Phi) is 9.11. The summed E-state index contributed by atoms with van der Waals surface area (Å²) < 4.78 is 2.38. The van der Waals surface area contributed by atoms with Crippen LogP contribution in [0.1, 0.15) is 22.3 Å². The molecule has 13 rings (SSSR count). The van der Waals surface area contributed by atoms with Gasteiger partial charge in [0.15, 0.2) is 0 Å². The van der Waals surface area contributed by atoms with Crippen molar-refractivity contribution >= 4 is 49.6 Å². The topological polar surface area (TPSA) is 8.17 Å². The summed E-state index contributed by atoms with van der Waals surface area (Å²) in [6, 6.07) is 98.1. The van der Waals surface area contributed by atoms with Gasteiger partial charge in [-0.05, 0) is 122 Å². The zero-order valence-corrected chi connectivity index (χ0v) is 36.8. The van der Waals surface area contributed by atoms with Gasteiger partial charge < -0.3 is 9.47 Å². The summed E-state index contributed by atoms with van der Waals surface area (Å²) in [6.45, 7) is 0. The van der Waals surface area contributed by atoms with Crippen LogP contribution < -0.4 is 4.90 Å². The molecule has 0 radical (unpaired) electrons. The maximum absolute atomic E-state index is 2.48. The lowest BCUT2D eigenvalue weighted by molar-refractivity contribution is 0.768. The third-order valence-electron chi connectivity index (χ3n) is 14.1. The molecule has 1 aromatic heterocycles. The molecule has 12 aromatic rings. The smallest absolute Gasteiger partial charge is 0.0714 e. The first-order chi connectivity index (χ1) is 33.3. The molecular weight excluding hydrogens is 809 g/mol. The van der Waals surface area contributed by atoms with E-state index in [2.05, 4.69) is 276 Å². The summed E-state index contributed by atoms with van der Waals surface area (Å²) >= 11 is 0. The van der Waals surface area contributed by atoms with E-state index in [9.17, 15) is 0 Å². The number of rotatable bonds is 8. The molecule has 0 saturated heterocycles. The normalized spacial score (nSPS) is 12.6. The lowest BCUT2D eigenvalue weighted by Crippen LogP contribution is -2.28. The minimum atomic E-state index is -0.521. The van der Waals surface area contributed by atoms with Gasteiger partial charge in [-0.2, -0.15) is 0 Å². The van der Waals surface area contributed by atoms with Crippen molar-refractivity contribution in [3.8, 4) is 39.1 Å². The second-order valence-electron chi connectivity index (χ2n) is 17.6. The number of fused-ring (bicyclic) bond motifs is 7. The average molecular weight is 853 g/mol. The molecule has 0 spiro atoms. The Balaban J connectivity index is 1.01. The summed E-state index contributed by atoms with van der Waals surface area (Å²) in [5, 5.41) is 4.97. The Morgan fingerprint density at radius 3 is 1.70 bits per heavy atom. The maximum atomic E-state index is 2.48. The molecule has 0 aliphatic heterocycles. The highest BCUT2D eigenvalue weighted by Crippen LogP contribution is 2.59. The Morgan fingerprint density at radius 2 is 0.910 bits per heavy atom. The lowest BCUT2D eigenvalue weighted by Gasteiger charge is -2.34. The molecule has 67 heavy (non-hydrogen) atoms. The minimum absolute atomic E-state index is 0.521. The minimum Gasteiger partial charge on any atom is -0.310 e. The summed E-state index contributed by atoms with van der Waals surface area (Å²) in [4.78, 5) is 2.48. The molecule has 0 bridgehead atoms. The zero-order chi connectivity index (χ0) is 44.3. The second kappa shape index (κ2) is 15.8. The van der Waals surface area contributed by atoms with Gasteiger partial charge in [-0.25, -0.2) is 0 Å². The van der Waals surface area contributed by atoms with E-state index in [1.54, 1.807) is 0 Å². The van der Waals surface area contributed by atoms with Crippen molar-refractivity contribution in [1.29, 1.82) is 0 Å². The molecular formula is C65H44N2. The number of aromatic nitrogens is 1. The van der Waals surface area contributed by atoms with Crippen molar-refractivity contribution in [2.75, 3.05) is 4.90 Å². The van der Waals surface area contributed by atoms with Crippen LogP contribution in [-0.2, 0) is 5.41 Å². The Labute approximate surface area is 390 Å². The van der Waals surface area contributed by atoms with Crippen LogP contribution >= 0.6 is 0 Å². The molecule has 2 heteroatoms. The number of hydrogen-bond acceptors (Lipinski definition) is 1. The Hall–Kier alpha value is -8.72. The molecule has 0 saturated carbocycles. The van der Waals surface area contributed by atoms with E-state index < -0.39 is 5.41 Å². The quantitative estimate of drug-likeness (QED) is 0.148. The molecule has 11 aromatic carbocycles. The van der Waals surface area contributed by atoms with Gasteiger partial charge in [0.2, 0.25) is 0 Å². The van der Waals surface area contributed by atoms with Gasteiger partial charge in [0.05, 0.1) is 22.1 Å². The average Bonchev–Trinajstić information content (AvgIpc) is 3.91. The van der Waals surface area contributed by atoms with Gasteiger partial charge in [0.1, 0.15) is 0 Å². The molecule has 0 unspecified atom stereocenters. The van der Waals surface area contributed by atoms with E-state index in [0.717, 1.165) is 22.7 Å². The highest BCUT2D eigenvalue weighted by atomic mass is 15.1. The largest absolute Gasteiger partial charge is 0.310 e. The van der Waals surface area contributed by atoms with E-state index in [0.29, 0.717) is 0 Å². The van der Waals surface area contributed by atoms with E-state index in [1.807, 2.05) is 0 Å². The van der Waals surface area contributed by atoms with Crippen molar-refractivity contribution in [1.82, 2.24) is 4.57 Å². The van der Waals surface area contributed by atoms with Crippen LogP contribution in [0.5, 0.6) is 0 Å².